The van der Waals surface area contributed by atoms with Crippen LogP contribution in [-0.4, -0.2) is 28.0 Å². The molecule has 3 aromatic rings. The summed E-state index contributed by atoms with van der Waals surface area (Å²) in [6.07, 6.45) is 1.03. The largest absolute Gasteiger partial charge is 0.493 e. The lowest BCUT2D eigenvalue weighted by Crippen LogP contribution is -2.24. The fourth-order valence-corrected chi connectivity index (χ4v) is 6.63. The molecular formula is C23H23NO5S2. The number of hydrogen-bond acceptors (Lipinski definition) is 6. The molecular weight excluding hydrogens is 434 g/mol. The lowest BCUT2D eigenvalue weighted by atomic mass is 9.89. The Morgan fingerprint density at radius 1 is 1.13 bits per heavy atom. The molecule has 0 saturated heterocycles. The maximum Gasteiger partial charge on any atom is 0.225 e. The maximum atomic E-state index is 13.2. The van der Waals surface area contributed by atoms with E-state index in [0.717, 1.165) is 16.9 Å². The van der Waals surface area contributed by atoms with Crippen LogP contribution in [0.15, 0.2) is 63.7 Å². The van der Waals surface area contributed by atoms with Gasteiger partial charge in [-0.15, -0.1) is 11.3 Å². The van der Waals surface area contributed by atoms with Crippen molar-refractivity contribution in [3.63, 3.8) is 0 Å². The predicted octanol–water partition coefficient (Wildman–Crippen LogP) is 4.85. The summed E-state index contributed by atoms with van der Waals surface area (Å²) >= 11 is 1.33. The lowest BCUT2D eigenvalue weighted by molar-refractivity contribution is -0.116. The second-order valence-corrected chi connectivity index (χ2v) is 10.0. The van der Waals surface area contributed by atoms with Gasteiger partial charge in [0.2, 0.25) is 15.7 Å². The van der Waals surface area contributed by atoms with E-state index in [-0.39, 0.29) is 28.0 Å². The molecule has 0 spiro atoms. The average molecular weight is 458 g/mol. The van der Waals surface area contributed by atoms with Crippen molar-refractivity contribution in [1.29, 1.82) is 0 Å². The Labute approximate surface area is 185 Å². The Hall–Kier alpha value is -2.84. The van der Waals surface area contributed by atoms with E-state index in [2.05, 4.69) is 5.32 Å². The molecule has 0 radical (unpaired) electrons. The third-order valence-electron chi connectivity index (χ3n) is 5.15. The number of amides is 1. The van der Waals surface area contributed by atoms with E-state index in [9.17, 15) is 13.2 Å². The highest BCUT2D eigenvalue weighted by Gasteiger charge is 2.36. The van der Waals surface area contributed by atoms with Gasteiger partial charge in [0.1, 0.15) is 4.90 Å². The molecule has 0 unspecified atom stereocenters. The van der Waals surface area contributed by atoms with Crippen LogP contribution in [0.1, 0.15) is 36.1 Å². The predicted molar refractivity (Wildman–Crippen MR) is 120 cm³/mol. The van der Waals surface area contributed by atoms with Gasteiger partial charge < -0.3 is 14.8 Å². The summed E-state index contributed by atoms with van der Waals surface area (Å²) in [6, 6.07) is 13.8. The van der Waals surface area contributed by atoms with Gasteiger partial charge in [-0.05, 0) is 24.6 Å². The molecule has 1 N–H and O–H groups in total. The Kier molecular flexibility index (Phi) is 6.02. The van der Waals surface area contributed by atoms with Crippen molar-refractivity contribution in [1.82, 2.24) is 0 Å². The summed E-state index contributed by atoms with van der Waals surface area (Å²) in [7, 11) is -2.19. The fraction of sp³-hybridized carbons (Fsp3) is 0.261. The Morgan fingerprint density at radius 2 is 1.90 bits per heavy atom. The van der Waals surface area contributed by atoms with Crippen molar-refractivity contribution >= 4 is 32.8 Å². The zero-order valence-electron chi connectivity index (χ0n) is 17.3. The molecule has 0 aliphatic carbocycles. The third-order valence-corrected chi connectivity index (χ3v) is 8.19. The van der Waals surface area contributed by atoms with Crippen LogP contribution in [0.5, 0.6) is 11.5 Å². The number of para-hydroxylation sites is 1. The van der Waals surface area contributed by atoms with Gasteiger partial charge in [-0.1, -0.05) is 37.3 Å². The van der Waals surface area contributed by atoms with Crippen molar-refractivity contribution in [2.45, 2.75) is 35.5 Å². The van der Waals surface area contributed by atoms with E-state index in [1.165, 1.54) is 11.3 Å². The number of fused-ring (bicyclic) bond motifs is 1. The summed E-state index contributed by atoms with van der Waals surface area (Å²) in [6.45, 7) is 2.53. The van der Waals surface area contributed by atoms with Crippen LogP contribution < -0.4 is 14.8 Å². The number of carbonyl (C=O) groups is 1. The molecule has 4 rings (SSSR count). The minimum Gasteiger partial charge on any atom is -0.493 e. The minimum atomic E-state index is -3.76. The van der Waals surface area contributed by atoms with Crippen molar-refractivity contribution in [3.8, 4) is 11.5 Å². The number of sulfone groups is 1. The van der Waals surface area contributed by atoms with Crippen LogP contribution in [0.4, 0.5) is 5.69 Å². The number of ether oxygens (including phenoxy) is 2. The quantitative estimate of drug-likeness (QED) is 0.548. The van der Waals surface area contributed by atoms with E-state index in [0.29, 0.717) is 23.8 Å². The highest BCUT2D eigenvalue weighted by atomic mass is 32.2. The number of nitrogens with one attached hydrogen (secondary N) is 1. The molecule has 1 aliphatic heterocycles. The van der Waals surface area contributed by atoms with Gasteiger partial charge in [-0.2, -0.15) is 0 Å². The summed E-state index contributed by atoms with van der Waals surface area (Å²) in [4.78, 5) is 13.7. The van der Waals surface area contributed by atoms with Crippen LogP contribution in [0.25, 0.3) is 0 Å². The Balaban J connectivity index is 1.84. The first-order valence-electron chi connectivity index (χ1n) is 9.98. The van der Waals surface area contributed by atoms with Crippen LogP contribution in [0, 0.1) is 0 Å². The number of hydrogen-bond donors (Lipinski definition) is 1. The Bertz CT molecular complexity index is 1200. The number of benzene rings is 2. The van der Waals surface area contributed by atoms with Crippen LogP contribution in [0.2, 0.25) is 0 Å². The van der Waals surface area contributed by atoms with Crippen molar-refractivity contribution in [2.75, 3.05) is 19.0 Å². The molecule has 0 bridgehead atoms. The molecule has 2 aromatic carbocycles. The van der Waals surface area contributed by atoms with Gasteiger partial charge in [0, 0.05) is 28.2 Å². The summed E-state index contributed by atoms with van der Waals surface area (Å²) < 4.78 is 37.9. The smallest absolute Gasteiger partial charge is 0.225 e. The minimum absolute atomic E-state index is 0.121. The van der Waals surface area contributed by atoms with Gasteiger partial charge in [0.25, 0.3) is 0 Å². The number of anilines is 1. The molecule has 1 aromatic heterocycles. The number of thiophene rings is 1. The van der Waals surface area contributed by atoms with Gasteiger partial charge in [0.15, 0.2) is 11.5 Å². The summed E-state index contributed by atoms with van der Waals surface area (Å²) in [5.74, 6) is 0.630. The molecule has 1 amide bonds. The maximum absolute atomic E-state index is 13.2. The molecule has 1 aliphatic rings. The molecule has 1 atom stereocenters. The second kappa shape index (κ2) is 8.72. The highest BCUT2D eigenvalue weighted by Crippen LogP contribution is 2.49. The molecule has 162 valence electrons. The van der Waals surface area contributed by atoms with E-state index >= 15 is 0 Å². The first-order valence-corrected chi connectivity index (χ1v) is 12.3. The molecule has 8 heteroatoms. The van der Waals surface area contributed by atoms with Gasteiger partial charge in [-0.25, -0.2) is 8.42 Å². The Morgan fingerprint density at radius 3 is 2.61 bits per heavy atom. The zero-order chi connectivity index (χ0) is 22.0. The SMILES string of the molecule is CCCOc1c(OC)cccc1[C@@H]1CC(=O)Nc2c(S(=O)(=O)c3ccccc3)csc21. The highest BCUT2D eigenvalue weighted by molar-refractivity contribution is 7.91. The normalized spacial score (nSPS) is 15.8. The van der Waals surface area contributed by atoms with Crippen molar-refractivity contribution in [2.24, 2.45) is 0 Å². The molecule has 0 fully saturated rings. The van der Waals surface area contributed by atoms with Crippen molar-refractivity contribution < 1.29 is 22.7 Å². The molecule has 31 heavy (non-hydrogen) atoms. The fourth-order valence-electron chi connectivity index (χ4n) is 3.71. The van der Waals surface area contributed by atoms with E-state index in [1.54, 1.807) is 42.8 Å². The number of carbonyl (C=O) groups excluding carboxylic acids is 1. The van der Waals surface area contributed by atoms with Crippen molar-refractivity contribution in [3.05, 3.63) is 64.4 Å². The second-order valence-electron chi connectivity index (χ2n) is 7.19. The molecule has 2 heterocycles. The first kappa shape index (κ1) is 21.4. The van der Waals surface area contributed by atoms with Crippen LogP contribution in [-0.2, 0) is 14.6 Å². The number of rotatable bonds is 7. The van der Waals surface area contributed by atoms with Crippen LogP contribution >= 0.6 is 11.3 Å². The van der Waals surface area contributed by atoms with Crippen LogP contribution in [0.3, 0.4) is 0 Å². The number of methoxy groups -OCH3 is 1. The lowest BCUT2D eigenvalue weighted by Gasteiger charge is -2.26. The van der Waals surface area contributed by atoms with E-state index in [4.69, 9.17) is 9.47 Å². The van der Waals surface area contributed by atoms with Gasteiger partial charge in [0.05, 0.1) is 24.3 Å². The topological polar surface area (TPSA) is 81.7 Å². The molecule has 6 nitrogen and oxygen atoms in total. The van der Waals surface area contributed by atoms with E-state index in [1.807, 2.05) is 25.1 Å². The summed E-state index contributed by atoms with van der Waals surface area (Å²) in [5.41, 5.74) is 1.17. The van der Waals surface area contributed by atoms with Gasteiger partial charge in [-0.3, -0.25) is 4.79 Å². The molecule has 0 saturated carbocycles. The first-order chi connectivity index (χ1) is 15.0. The standard InChI is InChI=1S/C23H23NO5S2/c1-3-12-29-22-16(10-7-11-18(22)28-2)17-13-20(25)24-21-19(14-30-23(17)21)31(26,27)15-8-5-4-6-9-15/h4-11,14,17H,3,12-13H2,1-2H3,(H,24,25)/t17-/m0/s1. The monoisotopic (exact) mass is 457 g/mol. The average Bonchev–Trinajstić information content (AvgIpc) is 3.22. The summed E-state index contributed by atoms with van der Waals surface area (Å²) in [5, 5.41) is 4.41. The van der Waals surface area contributed by atoms with Gasteiger partial charge >= 0.3 is 0 Å². The third kappa shape index (κ3) is 3.93. The van der Waals surface area contributed by atoms with E-state index < -0.39 is 9.84 Å². The zero-order valence-corrected chi connectivity index (χ0v) is 18.9.